The lowest BCUT2D eigenvalue weighted by molar-refractivity contribution is 0.728. The molecule has 2 N–H and O–H groups in total. The van der Waals surface area contributed by atoms with E-state index in [0.29, 0.717) is 0 Å². The first-order chi connectivity index (χ1) is 4.41. The standard InChI is InChI=1S/C5H9N.C2H7N/c1-2-4-6-5-3-1;1-3-2/h2,4,6H,1,3,5H2;3H,1-2H3. The van der Waals surface area contributed by atoms with Crippen LogP contribution in [0.5, 0.6) is 0 Å². The van der Waals surface area contributed by atoms with E-state index in [1.54, 1.807) is 0 Å². The van der Waals surface area contributed by atoms with Gasteiger partial charge in [-0.05, 0) is 33.1 Å². The number of nitrogens with one attached hydrogen (secondary N) is 2. The first-order valence-electron chi connectivity index (χ1n) is 3.38. The average Bonchev–Trinajstić information content (AvgIpc) is 1.93. The Bertz CT molecular complexity index is 61.3. The summed E-state index contributed by atoms with van der Waals surface area (Å²) in [6.07, 6.45) is 6.73. The molecule has 0 fully saturated rings. The fraction of sp³-hybridized carbons (Fsp3) is 0.714. The van der Waals surface area contributed by atoms with Crippen molar-refractivity contribution in [2.75, 3.05) is 20.6 Å². The van der Waals surface area contributed by atoms with Crippen molar-refractivity contribution < 1.29 is 0 Å². The third-order valence-corrected chi connectivity index (χ3v) is 0.928. The van der Waals surface area contributed by atoms with Crippen LogP contribution >= 0.6 is 0 Å². The summed E-state index contributed by atoms with van der Waals surface area (Å²) in [4.78, 5) is 0. The molecule has 54 valence electrons. The molecule has 0 bridgehead atoms. The molecule has 0 saturated carbocycles. The summed E-state index contributed by atoms with van der Waals surface area (Å²) in [5.41, 5.74) is 0. The molecule has 0 aromatic rings. The molecule has 0 aliphatic carbocycles. The molecule has 0 atom stereocenters. The van der Waals surface area contributed by atoms with E-state index < -0.39 is 0 Å². The van der Waals surface area contributed by atoms with Crippen LogP contribution in [0, 0.1) is 0 Å². The van der Waals surface area contributed by atoms with E-state index in [1.807, 2.05) is 20.3 Å². The fourth-order valence-corrected chi connectivity index (χ4v) is 0.572. The molecule has 1 aliphatic heterocycles. The molecule has 0 unspecified atom stereocenters. The predicted molar refractivity (Wildman–Crippen MR) is 41.4 cm³/mol. The second kappa shape index (κ2) is 7.50. The third-order valence-electron chi connectivity index (χ3n) is 0.928. The van der Waals surface area contributed by atoms with Crippen molar-refractivity contribution in [2.24, 2.45) is 0 Å². The Labute approximate surface area is 57.3 Å². The Hall–Kier alpha value is -0.500. The van der Waals surface area contributed by atoms with Crippen LogP contribution in [0.1, 0.15) is 12.8 Å². The molecule has 0 radical (unpaired) electrons. The van der Waals surface area contributed by atoms with Gasteiger partial charge >= 0.3 is 0 Å². The second-order valence-corrected chi connectivity index (χ2v) is 2.00. The van der Waals surface area contributed by atoms with E-state index in [1.165, 1.54) is 12.8 Å². The van der Waals surface area contributed by atoms with E-state index in [0.717, 1.165) is 6.54 Å². The lowest BCUT2D eigenvalue weighted by Crippen LogP contribution is -2.09. The third kappa shape index (κ3) is 7.50. The van der Waals surface area contributed by atoms with E-state index >= 15 is 0 Å². The highest BCUT2D eigenvalue weighted by Crippen LogP contribution is 1.91. The number of hydrogen-bond donors (Lipinski definition) is 2. The van der Waals surface area contributed by atoms with Crippen LogP contribution in [0.3, 0.4) is 0 Å². The molecule has 1 aliphatic rings. The Balaban J connectivity index is 0.000000187. The zero-order valence-corrected chi connectivity index (χ0v) is 6.28. The van der Waals surface area contributed by atoms with Gasteiger partial charge in [0.1, 0.15) is 0 Å². The highest BCUT2D eigenvalue weighted by Gasteiger charge is 1.84. The molecule has 0 amide bonds. The maximum Gasteiger partial charge on any atom is 0.0144 e. The van der Waals surface area contributed by atoms with Crippen molar-refractivity contribution >= 4 is 0 Å². The summed E-state index contributed by atoms with van der Waals surface area (Å²) >= 11 is 0. The molecular formula is C7H16N2. The molecule has 0 aromatic heterocycles. The highest BCUT2D eigenvalue weighted by atomic mass is 14.8. The van der Waals surface area contributed by atoms with E-state index in [-0.39, 0.29) is 0 Å². The van der Waals surface area contributed by atoms with Crippen LogP contribution in [0.4, 0.5) is 0 Å². The first kappa shape index (κ1) is 8.50. The lowest BCUT2D eigenvalue weighted by atomic mass is 10.2. The van der Waals surface area contributed by atoms with Crippen molar-refractivity contribution in [3.8, 4) is 0 Å². The van der Waals surface area contributed by atoms with Crippen LogP contribution in [-0.2, 0) is 0 Å². The zero-order chi connectivity index (χ0) is 6.95. The summed E-state index contributed by atoms with van der Waals surface area (Å²) < 4.78 is 0. The van der Waals surface area contributed by atoms with Crippen LogP contribution in [0.15, 0.2) is 12.3 Å². The number of rotatable bonds is 0. The minimum atomic E-state index is 1.16. The van der Waals surface area contributed by atoms with Crippen molar-refractivity contribution in [3.63, 3.8) is 0 Å². The van der Waals surface area contributed by atoms with E-state index in [2.05, 4.69) is 16.7 Å². The van der Waals surface area contributed by atoms with Gasteiger partial charge in [0, 0.05) is 6.54 Å². The van der Waals surface area contributed by atoms with Gasteiger partial charge in [0.25, 0.3) is 0 Å². The minimum Gasteiger partial charge on any atom is -0.391 e. The van der Waals surface area contributed by atoms with Crippen LogP contribution in [-0.4, -0.2) is 20.6 Å². The summed E-state index contributed by atoms with van der Waals surface area (Å²) in [5, 5.41) is 5.85. The summed E-state index contributed by atoms with van der Waals surface area (Å²) in [6.45, 7) is 1.16. The number of allylic oxidation sites excluding steroid dienone is 1. The van der Waals surface area contributed by atoms with Gasteiger partial charge in [-0.2, -0.15) is 0 Å². The molecule has 2 heteroatoms. The van der Waals surface area contributed by atoms with Gasteiger partial charge < -0.3 is 10.6 Å². The minimum absolute atomic E-state index is 1.16. The molecule has 1 rings (SSSR count). The first-order valence-corrected chi connectivity index (χ1v) is 3.38. The monoisotopic (exact) mass is 128 g/mol. The maximum atomic E-state index is 3.10. The van der Waals surface area contributed by atoms with Gasteiger partial charge in [0.2, 0.25) is 0 Å². The molecule has 2 nitrogen and oxygen atoms in total. The average molecular weight is 128 g/mol. The van der Waals surface area contributed by atoms with E-state index in [4.69, 9.17) is 0 Å². The molecule has 1 heterocycles. The maximum absolute atomic E-state index is 3.10. The van der Waals surface area contributed by atoms with Gasteiger partial charge in [0.15, 0.2) is 0 Å². The Kier molecular flexibility index (Phi) is 7.08. The SMILES string of the molecule is C1=CNCCC1.CNC. The summed E-state index contributed by atoms with van der Waals surface area (Å²) in [6, 6.07) is 0. The van der Waals surface area contributed by atoms with Crippen LogP contribution in [0.2, 0.25) is 0 Å². The predicted octanol–water partition coefficient (Wildman–Crippen LogP) is 0.719. The zero-order valence-electron chi connectivity index (χ0n) is 6.28. The quantitative estimate of drug-likeness (QED) is 0.502. The highest BCUT2D eigenvalue weighted by molar-refractivity contribution is 4.83. The van der Waals surface area contributed by atoms with Crippen molar-refractivity contribution in [3.05, 3.63) is 12.3 Å². The number of hydrogen-bond acceptors (Lipinski definition) is 2. The molecule has 0 saturated heterocycles. The van der Waals surface area contributed by atoms with Gasteiger partial charge in [-0.25, -0.2) is 0 Å². The van der Waals surface area contributed by atoms with Gasteiger partial charge in [-0.15, -0.1) is 0 Å². The fourth-order valence-electron chi connectivity index (χ4n) is 0.572. The molecule has 0 spiro atoms. The molecular weight excluding hydrogens is 112 g/mol. The van der Waals surface area contributed by atoms with E-state index in [9.17, 15) is 0 Å². The molecule has 0 aromatic carbocycles. The van der Waals surface area contributed by atoms with Gasteiger partial charge in [-0.1, -0.05) is 6.08 Å². The normalized spacial score (nSPS) is 15.3. The van der Waals surface area contributed by atoms with Crippen LogP contribution in [0.25, 0.3) is 0 Å². The Morgan fingerprint density at radius 2 is 2.11 bits per heavy atom. The smallest absolute Gasteiger partial charge is 0.0144 e. The topological polar surface area (TPSA) is 24.1 Å². The van der Waals surface area contributed by atoms with Crippen molar-refractivity contribution in [1.29, 1.82) is 0 Å². The van der Waals surface area contributed by atoms with Gasteiger partial charge in [-0.3, -0.25) is 0 Å². The summed E-state index contributed by atoms with van der Waals surface area (Å²) in [7, 11) is 3.75. The molecule has 9 heavy (non-hydrogen) atoms. The largest absolute Gasteiger partial charge is 0.391 e. The van der Waals surface area contributed by atoms with Crippen molar-refractivity contribution in [2.45, 2.75) is 12.8 Å². The summed E-state index contributed by atoms with van der Waals surface area (Å²) in [5.74, 6) is 0. The van der Waals surface area contributed by atoms with Crippen molar-refractivity contribution in [1.82, 2.24) is 10.6 Å². The van der Waals surface area contributed by atoms with Gasteiger partial charge in [0.05, 0.1) is 0 Å². The lowest BCUT2D eigenvalue weighted by Gasteiger charge is -2.02. The van der Waals surface area contributed by atoms with Crippen LogP contribution < -0.4 is 10.6 Å². The second-order valence-electron chi connectivity index (χ2n) is 2.00. The Morgan fingerprint density at radius 3 is 2.22 bits per heavy atom. The Morgan fingerprint density at radius 1 is 1.44 bits per heavy atom.